The van der Waals surface area contributed by atoms with Crippen molar-refractivity contribution in [3.05, 3.63) is 30.3 Å². The van der Waals surface area contributed by atoms with Crippen molar-refractivity contribution in [1.29, 1.82) is 0 Å². The maximum Gasteiger partial charge on any atom is 0.189 e. The van der Waals surface area contributed by atoms with Gasteiger partial charge in [-0.3, -0.25) is 5.01 Å². The summed E-state index contributed by atoms with van der Waals surface area (Å²) in [6.45, 7) is 4.45. The lowest BCUT2D eigenvalue weighted by Gasteiger charge is -2.28. The lowest BCUT2D eigenvalue weighted by Crippen LogP contribution is -2.50. The Morgan fingerprint density at radius 3 is 2.50 bits per heavy atom. The molecule has 1 aliphatic heterocycles. The van der Waals surface area contributed by atoms with E-state index < -0.39 is 0 Å². The van der Waals surface area contributed by atoms with Crippen molar-refractivity contribution in [2.45, 2.75) is 58.0 Å². The van der Waals surface area contributed by atoms with E-state index in [1.807, 2.05) is 23.2 Å². The molecule has 0 aliphatic carbocycles. The van der Waals surface area contributed by atoms with E-state index in [0.29, 0.717) is 0 Å². The molecule has 0 aromatic heterocycles. The van der Waals surface area contributed by atoms with Gasteiger partial charge in [0, 0.05) is 0 Å². The Morgan fingerprint density at radius 1 is 1.10 bits per heavy atom. The minimum absolute atomic E-state index is 0.0827. The fourth-order valence-electron chi connectivity index (χ4n) is 2.63. The number of nitrogens with zero attached hydrogens (tertiary/aromatic N) is 1. The lowest BCUT2D eigenvalue weighted by molar-refractivity contribution is 0.291. The molecule has 0 bridgehead atoms. The molecular formula is C16H25N3S. The third kappa shape index (κ3) is 3.49. The Hall–Kier alpha value is -1.13. The Morgan fingerprint density at radius 2 is 1.85 bits per heavy atom. The fraction of sp³-hybridized carbons (Fsp3) is 0.562. The number of hydrogen-bond donors (Lipinski definition) is 2. The zero-order valence-corrected chi connectivity index (χ0v) is 13.3. The Kier molecular flexibility index (Phi) is 5.38. The number of hydrogen-bond acceptors (Lipinski definition) is 2. The van der Waals surface area contributed by atoms with Gasteiger partial charge in [-0.05, 0) is 43.6 Å². The summed E-state index contributed by atoms with van der Waals surface area (Å²) in [5.41, 5.74) is 4.59. The van der Waals surface area contributed by atoms with Gasteiger partial charge in [0.05, 0.1) is 5.69 Å². The molecular weight excluding hydrogens is 266 g/mol. The first kappa shape index (κ1) is 15.3. The number of benzene rings is 1. The first-order chi connectivity index (χ1) is 9.71. The summed E-state index contributed by atoms with van der Waals surface area (Å²) in [4.78, 5) is 0. The molecule has 1 aromatic carbocycles. The Labute approximate surface area is 127 Å². The molecule has 0 amide bonds. The molecule has 1 unspecified atom stereocenters. The molecule has 2 rings (SSSR count). The molecule has 3 nitrogen and oxygen atoms in total. The normalized spacial score (nSPS) is 22.1. The smallest absolute Gasteiger partial charge is 0.189 e. The van der Waals surface area contributed by atoms with Gasteiger partial charge in [0.1, 0.15) is 5.66 Å². The van der Waals surface area contributed by atoms with E-state index in [0.717, 1.165) is 23.6 Å². The van der Waals surface area contributed by atoms with Gasteiger partial charge in [0.25, 0.3) is 0 Å². The van der Waals surface area contributed by atoms with Crippen molar-refractivity contribution in [2.24, 2.45) is 0 Å². The van der Waals surface area contributed by atoms with Gasteiger partial charge in [0.2, 0.25) is 0 Å². The number of hydrazine groups is 1. The summed E-state index contributed by atoms with van der Waals surface area (Å²) in [6.07, 6.45) is 7.23. The zero-order chi connectivity index (χ0) is 14.4. The van der Waals surface area contributed by atoms with Crippen LogP contribution in [0, 0.1) is 0 Å². The summed E-state index contributed by atoms with van der Waals surface area (Å²) in [5, 5.41) is 6.26. The molecule has 1 heterocycles. The molecule has 0 spiro atoms. The van der Waals surface area contributed by atoms with Gasteiger partial charge in [0.15, 0.2) is 5.11 Å². The maximum atomic E-state index is 5.49. The van der Waals surface area contributed by atoms with Crippen molar-refractivity contribution in [1.82, 2.24) is 10.7 Å². The maximum absolute atomic E-state index is 5.49. The van der Waals surface area contributed by atoms with Crippen LogP contribution < -0.4 is 15.8 Å². The second-order valence-corrected chi connectivity index (χ2v) is 5.85. The predicted molar refractivity (Wildman–Crippen MR) is 89.6 cm³/mol. The molecule has 1 aromatic rings. The third-order valence-corrected chi connectivity index (χ3v) is 4.23. The first-order valence-electron chi connectivity index (χ1n) is 7.66. The van der Waals surface area contributed by atoms with E-state index in [1.54, 1.807) is 0 Å². The highest BCUT2D eigenvalue weighted by atomic mass is 32.1. The van der Waals surface area contributed by atoms with E-state index >= 15 is 0 Å². The minimum atomic E-state index is -0.0827. The molecule has 1 aliphatic rings. The van der Waals surface area contributed by atoms with E-state index in [9.17, 15) is 0 Å². The van der Waals surface area contributed by atoms with Gasteiger partial charge in [-0.2, -0.15) is 0 Å². The van der Waals surface area contributed by atoms with Crippen LogP contribution in [-0.4, -0.2) is 10.8 Å². The zero-order valence-electron chi connectivity index (χ0n) is 12.5. The van der Waals surface area contributed by atoms with E-state index in [4.69, 9.17) is 12.2 Å². The standard InChI is InChI=1S/C16H25N3S/c1-3-5-6-10-13-16(4-2)17-15(20)19(18-16)14-11-8-7-9-12-14/h7-9,11-12,18H,3-6,10,13H2,1-2H3,(H,17,20). The quantitative estimate of drug-likeness (QED) is 0.587. The van der Waals surface area contributed by atoms with Crippen LogP contribution in [0.3, 0.4) is 0 Å². The molecule has 2 N–H and O–H groups in total. The number of thiocarbonyl (C=S) groups is 1. The second-order valence-electron chi connectivity index (χ2n) is 5.46. The van der Waals surface area contributed by atoms with E-state index in [-0.39, 0.29) is 5.66 Å². The summed E-state index contributed by atoms with van der Waals surface area (Å²) in [5.74, 6) is 0. The van der Waals surface area contributed by atoms with Crippen LogP contribution in [-0.2, 0) is 0 Å². The molecule has 110 valence electrons. The monoisotopic (exact) mass is 291 g/mol. The predicted octanol–water partition coefficient (Wildman–Crippen LogP) is 3.96. The minimum Gasteiger partial charge on any atom is -0.342 e. The molecule has 1 saturated heterocycles. The summed E-state index contributed by atoms with van der Waals surface area (Å²) < 4.78 is 0. The molecule has 20 heavy (non-hydrogen) atoms. The summed E-state index contributed by atoms with van der Waals surface area (Å²) >= 11 is 5.49. The Balaban J connectivity index is 2.01. The third-order valence-electron chi connectivity index (χ3n) is 3.95. The SMILES string of the molecule is CCCCCCC1(CC)NC(=S)N(c2ccccc2)N1. The van der Waals surface area contributed by atoms with Crippen LogP contribution in [0.2, 0.25) is 0 Å². The van der Waals surface area contributed by atoms with Gasteiger partial charge >= 0.3 is 0 Å². The fourth-order valence-corrected chi connectivity index (χ4v) is 2.97. The van der Waals surface area contributed by atoms with Crippen molar-refractivity contribution in [3.8, 4) is 0 Å². The number of para-hydroxylation sites is 1. The summed E-state index contributed by atoms with van der Waals surface area (Å²) in [6, 6.07) is 10.2. The molecule has 0 radical (unpaired) electrons. The highest BCUT2D eigenvalue weighted by Gasteiger charge is 2.38. The van der Waals surface area contributed by atoms with Gasteiger partial charge < -0.3 is 5.32 Å². The molecule has 1 atom stereocenters. The number of unbranched alkanes of at least 4 members (excludes halogenated alkanes) is 3. The largest absolute Gasteiger partial charge is 0.342 e. The van der Waals surface area contributed by atoms with Crippen LogP contribution in [0.25, 0.3) is 0 Å². The number of rotatable bonds is 7. The van der Waals surface area contributed by atoms with E-state index in [2.05, 4.69) is 36.7 Å². The highest BCUT2D eigenvalue weighted by molar-refractivity contribution is 7.80. The van der Waals surface area contributed by atoms with Crippen molar-refractivity contribution in [3.63, 3.8) is 0 Å². The first-order valence-corrected chi connectivity index (χ1v) is 8.07. The van der Waals surface area contributed by atoms with Crippen molar-refractivity contribution in [2.75, 3.05) is 5.01 Å². The van der Waals surface area contributed by atoms with Crippen molar-refractivity contribution < 1.29 is 0 Å². The number of anilines is 1. The Bertz CT molecular complexity index is 435. The van der Waals surface area contributed by atoms with Gasteiger partial charge in [-0.1, -0.05) is 51.3 Å². The molecule has 0 saturated carbocycles. The van der Waals surface area contributed by atoms with Gasteiger partial charge in [-0.15, -0.1) is 0 Å². The van der Waals surface area contributed by atoms with Crippen LogP contribution in [0.15, 0.2) is 30.3 Å². The lowest BCUT2D eigenvalue weighted by atomic mass is 9.99. The number of nitrogens with one attached hydrogen (secondary N) is 2. The molecule has 1 fully saturated rings. The highest BCUT2D eigenvalue weighted by Crippen LogP contribution is 2.25. The average molecular weight is 291 g/mol. The van der Waals surface area contributed by atoms with Crippen LogP contribution in [0.4, 0.5) is 5.69 Å². The summed E-state index contributed by atoms with van der Waals surface area (Å²) in [7, 11) is 0. The topological polar surface area (TPSA) is 27.3 Å². The van der Waals surface area contributed by atoms with Crippen LogP contribution >= 0.6 is 12.2 Å². The van der Waals surface area contributed by atoms with Gasteiger partial charge in [-0.25, -0.2) is 5.43 Å². The van der Waals surface area contributed by atoms with E-state index in [1.165, 1.54) is 25.7 Å². The molecule has 4 heteroatoms. The van der Waals surface area contributed by atoms with Crippen LogP contribution in [0.5, 0.6) is 0 Å². The van der Waals surface area contributed by atoms with Crippen molar-refractivity contribution >= 4 is 23.0 Å². The van der Waals surface area contributed by atoms with Crippen LogP contribution in [0.1, 0.15) is 52.4 Å². The average Bonchev–Trinajstić information content (AvgIpc) is 2.82. The second kappa shape index (κ2) is 7.04.